The molecule has 0 fully saturated rings. The highest BCUT2D eigenvalue weighted by atomic mass is 19.4. The molecule has 0 saturated carbocycles. The van der Waals surface area contributed by atoms with Gasteiger partial charge in [0, 0.05) is 12.4 Å². The summed E-state index contributed by atoms with van der Waals surface area (Å²) in [6.07, 6.45) is -0.868. The van der Waals surface area contributed by atoms with E-state index in [1.165, 1.54) is 12.4 Å². The largest absolute Gasteiger partial charge is 0.452 e. The van der Waals surface area contributed by atoms with Gasteiger partial charge in [0.25, 0.3) is 0 Å². The number of hydrogen-bond acceptors (Lipinski definition) is 3. The molecule has 0 atom stereocenters. The summed E-state index contributed by atoms with van der Waals surface area (Å²) in [5.74, 6) is -1.04. The van der Waals surface area contributed by atoms with E-state index >= 15 is 0 Å². The van der Waals surface area contributed by atoms with Crippen molar-refractivity contribution in [2.24, 2.45) is 0 Å². The summed E-state index contributed by atoms with van der Waals surface area (Å²) in [7, 11) is 0. The van der Waals surface area contributed by atoms with Crippen LogP contribution in [-0.2, 0) is 6.18 Å². The number of halogens is 3. The Bertz CT molecular complexity index is 433. The molecule has 0 aliphatic rings. The number of fused-ring (bicyclic) bond motifs is 1. The van der Waals surface area contributed by atoms with Crippen molar-refractivity contribution < 1.29 is 13.2 Å². The number of hydrogen-bond donors (Lipinski definition) is 0. The van der Waals surface area contributed by atoms with Gasteiger partial charge in [0.05, 0.1) is 6.20 Å². The van der Waals surface area contributed by atoms with Crippen LogP contribution in [0.15, 0.2) is 18.6 Å². The standard InChI is InChI=1S/C6H3F3N4/c7-6(8,9)5-12-11-4-3-10-1-2-13(4)5/h1-3H. The highest BCUT2D eigenvalue weighted by Crippen LogP contribution is 2.27. The monoisotopic (exact) mass is 188 g/mol. The highest BCUT2D eigenvalue weighted by Gasteiger charge is 2.36. The molecule has 4 nitrogen and oxygen atoms in total. The molecule has 0 bridgehead atoms. The van der Waals surface area contributed by atoms with Gasteiger partial charge < -0.3 is 0 Å². The minimum atomic E-state index is -4.49. The molecule has 2 rings (SSSR count). The molecular weight excluding hydrogens is 185 g/mol. The first kappa shape index (κ1) is 7.96. The van der Waals surface area contributed by atoms with Crippen LogP contribution in [0.5, 0.6) is 0 Å². The lowest BCUT2D eigenvalue weighted by atomic mass is 10.5. The molecule has 0 spiro atoms. The van der Waals surface area contributed by atoms with Crippen LogP contribution in [0.4, 0.5) is 13.2 Å². The molecule has 0 radical (unpaired) electrons. The van der Waals surface area contributed by atoms with Crippen molar-refractivity contribution in [2.45, 2.75) is 6.18 Å². The van der Waals surface area contributed by atoms with Gasteiger partial charge >= 0.3 is 6.18 Å². The van der Waals surface area contributed by atoms with Crippen LogP contribution in [0.3, 0.4) is 0 Å². The van der Waals surface area contributed by atoms with Gasteiger partial charge in [-0.05, 0) is 0 Å². The Labute approximate surface area is 70.0 Å². The van der Waals surface area contributed by atoms with Crippen LogP contribution in [0, 0.1) is 0 Å². The van der Waals surface area contributed by atoms with Crippen molar-refractivity contribution in [2.75, 3.05) is 0 Å². The molecule has 7 heteroatoms. The van der Waals surface area contributed by atoms with E-state index in [1.54, 1.807) is 0 Å². The fourth-order valence-corrected chi connectivity index (χ4v) is 0.947. The van der Waals surface area contributed by atoms with Crippen molar-refractivity contribution in [3.05, 3.63) is 24.4 Å². The molecule has 0 aliphatic heterocycles. The third-order valence-corrected chi connectivity index (χ3v) is 1.47. The number of aromatic nitrogens is 4. The van der Waals surface area contributed by atoms with Gasteiger partial charge in [-0.2, -0.15) is 13.2 Å². The van der Waals surface area contributed by atoms with Gasteiger partial charge in [-0.15, -0.1) is 10.2 Å². The first-order chi connectivity index (χ1) is 6.09. The molecule has 0 aliphatic carbocycles. The van der Waals surface area contributed by atoms with E-state index in [9.17, 15) is 13.2 Å². The molecule has 68 valence electrons. The molecule has 0 amide bonds. The van der Waals surface area contributed by atoms with E-state index < -0.39 is 12.0 Å². The average Bonchev–Trinajstić information content (AvgIpc) is 2.45. The maximum Gasteiger partial charge on any atom is 0.452 e. The van der Waals surface area contributed by atoms with E-state index in [0.717, 1.165) is 10.6 Å². The maximum atomic E-state index is 12.2. The quantitative estimate of drug-likeness (QED) is 0.622. The molecule has 2 aromatic rings. The van der Waals surface area contributed by atoms with Crippen molar-refractivity contribution in [3.63, 3.8) is 0 Å². The highest BCUT2D eigenvalue weighted by molar-refractivity contribution is 5.34. The summed E-state index contributed by atoms with van der Waals surface area (Å²) in [4.78, 5) is 3.62. The summed E-state index contributed by atoms with van der Waals surface area (Å²) < 4.78 is 37.5. The maximum absolute atomic E-state index is 12.2. The molecule has 0 unspecified atom stereocenters. The Morgan fingerprint density at radius 1 is 1.23 bits per heavy atom. The van der Waals surface area contributed by atoms with Gasteiger partial charge in [-0.25, -0.2) is 0 Å². The van der Waals surface area contributed by atoms with E-state index in [1.807, 2.05) is 0 Å². The molecule has 13 heavy (non-hydrogen) atoms. The predicted molar refractivity (Wildman–Crippen MR) is 35.8 cm³/mol. The van der Waals surface area contributed by atoms with Crippen LogP contribution in [0.2, 0.25) is 0 Å². The van der Waals surface area contributed by atoms with E-state index in [0.29, 0.717) is 0 Å². The lowest BCUT2D eigenvalue weighted by Crippen LogP contribution is -2.10. The molecule has 0 aromatic carbocycles. The first-order valence-corrected chi connectivity index (χ1v) is 3.31. The predicted octanol–water partition coefficient (Wildman–Crippen LogP) is 1.14. The fourth-order valence-electron chi connectivity index (χ4n) is 0.947. The number of rotatable bonds is 0. The topological polar surface area (TPSA) is 43.1 Å². The minimum absolute atomic E-state index is 0.0785. The van der Waals surface area contributed by atoms with E-state index in [4.69, 9.17) is 0 Å². The fraction of sp³-hybridized carbons (Fsp3) is 0.167. The normalized spacial score (nSPS) is 12.2. The molecule has 0 saturated heterocycles. The van der Waals surface area contributed by atoms with Gasteiger partial charge in [0.15, 0.2) is 5.65 Å². The number of alkyl halides is 3. The Kier molecular flexibility index (Phi) is 1.48. The van der Waals surface area contributed by atoms with Gasteiger partial charge in [-0.3, -0.25) is 9.38 Å². The SMILES string of the molecule is FC(F)(F)c1nnc2cnccn12. The van der Waals surface area contributed by atoms with Gasteiger partial charge in [0.2, 0.25) is 5.82 Å². The summed E-state index contributed by atoms with van der Waals surface area (Å²) in [5.41, 5.74) is 0.0785. The van der Waals surface area contributed by atoms with E-state index in [-0.39, 0.29) is 5.65 Å². The second kappa shape index (κ2) is 2.41. The Morgan fingerprint density at radius 2 is 2.00 bits per heavy atom. The second-order valence-corrected chi connectivity index (χ2v) is 2.33. The van der Waals surface area contributed by atoms with Crippen LogP contribution >= 0.6 is 0 Å². The van der Waals surface area contributed by atoms with Crippen LogP contribution in [0.1, 0.15) is 5.82 Å². The van der Waals surface area contributed by atoms with Crippen LogP contribution in [-0.4, -0.2) is 19.6 Å². The van der Waals surface area contributed by atoms with Gasteiger partial charge in [0.1, 0.15) is 0 Å². The smallest absolute Gasteiger partial charge is 0.276 e. The van der Waals surface area contributed by atoms with Crippen molar-refractivity contribution in [1.82, 2.24) is 19.6 Å². The Balaban J connectivity index is 2.72. The second-order valence-electron chi connectivity index (χ2n) is 2.33. The molecular formula is C6H3F3N4. The van der Waals surface area contributed by atoms with Crippen molar-refractivity contribution >= 4 is 5.65 Å². The Hall–Kier alpha value is -1.66. The third-order valence-electron chi connectivity index (χ3n) is 1.47. The molecule has 2 aromatic heterocycles. The van der Waals surface area contributed by atoms with Crippen LogP contribution < -0.4 is 0 Å². The summed E-state index contributed by atoms with van der Waals surface area (Å²) >= 11 is 0. The van der Waals surface area contributed by atoms with E-state index in [2.05, 4.69) is 15.2 Å². The first-order valence-electron chi connectivity index (χ1n) is 3.31. The summed E-state index contributed by atoms with van der Waals surface area (Å²) in [6.45, 7) is 0. The van der Waals surface area contributed by atoms with Gasteiger partial charge in [-0.1, -0.05) is 0 Å². The zero-order valence-corrected chi connectivity index (χ0v) is 6.15. The zero-order valence-electron chi connectivity index (χ0n) is 6.15. The van der Waals surface area contributed by atoms with Crippen LogP contribution in [0.25, 0.3) is 5.65 Å². The zero-order chi connectivity index (χ0) is 9.47. The lowest BCUT2D eigenvalue weighted by Gasteiger charge is -2.02. The van der Waals surface area contributed by atoms with Crippen molar-refractivity contribution in [3.8, 4) is 0 Å². The Morgan fingerprint density at radius 3 is 2.69 bits per heavy atom. The number of nitrogens with zero attached hydrogens (tertiary/aromatic N) is 4. The average molecular weight is 188 g/mol. The van der Waals surface area contributed by atoms with Crippen molar-refractivity contribution in [1.29, 1.82) is 0 Å². The lowest BCUT2D eigenvalue weighted by molar-refractivity contribution is -0.145. The summed E-state index contributed by atoms with van der Waals surface area (Å²) in [5, 5.41) is 6.33. The third kappa shape index (κ3) is 1.21. The summed E-state index contributed by atoms with van der Waals surface area (Å²) in [6, 6.07) is 0. The minimum Gasteiger partial charge on any atom is -0.276 e. The molecule has 0 N–H and O–H groups in total. The molecule has 2 heterocycles.